The molecule has 21 heavy (non-hydrogen) atoms. The molecule has 0 aromatic heterocycles. The van der Waals surface area contributed by atoms with Gasteiger partial charge in [-0.15, -0.1) is 0 Å². The van der Waals surface area contributed by atoms with E-state index in [0.29, 0.717) is 5.92 Å². The highest BCUT2D eigenvalue weighted by Gasteiger charge is 2.42. The zero-order valence-electron chi connectivity index (χ0n) is 13.4. The highest BCUT2D eigenvalue weighted by atomic mass is 32.2. The van der Waals surface area contributed by atoms with Crippen molar-refractivity contribution < 1.29 is 4.79 Å². The number of thioether (sulfide) groups is 1. The maximum Gasteiger partial charge on any atom is 0.245 e. The third-order valence-corrected chi connectivity index (χ3v) is 5.07. The van der Waals surface area contributed by atoms with Crippen molar-refractivity contribution >= 4 is 17.7 Å². The predicted molar refractivity (Wildman–Crippen MR) is 90.3 cm³/mol. The van der Waals surface area contributed by atoms with E-state index in [9.17, 15) is 4.79 Å². The molecule has 2 rings (SSSR count). The number of carbonyl (C=O) groups is 1. The summed E-state index contributed by atoms with van der Waals surface area (Å²) in [4.78, 5) is 14.9. The maximum absolute atomic E-state index is 12.9. The molecular formula is C17H26N2OS. The van der Waals surface area contributed by atoms with E-state index in [4.69, 9.17) is 0 Å². The molecule has 116 valence electrons. The minimum absolute atomic E-state index is 0.121. The fraction of sp³-hybridized carbons (Fsp3) is 0.588. The van der Waals surface area contributed by atoms with E-state index in [2.05, 4.69) is 37.9 Å². The van der Waals surface area contributed by atoms with E-state index in [-0.39, 0.29) is 24.2 Å². The molecule has 3 unspecified atom stereocenters. The van der Waals surface area contributed by atoms with Gasteiger partial charge in [-0.2, -0.15) is 11.8 Å². The molecule has 3 nitrogen and oxygen atoms in total. The van der Waals surface area contributed by atoms with Gasteiger partial charge in [0.05, 0.1) is 6.17 Å². The summed E-state index contributed by atoms with van der Waals surface area (Å²) in [5.74, 6) is 2.70. The second-order valence-corrected chi connectivity index (χ2v) is 7.27. The van der Waals surface area contributed by atoms with Crippen LogP contribution in [0.5, 0.6) is 0 Å². The Hall–Kier alpha value is -1.00. The summed E-state index contributed by atoms with van der Waals surface area (Å²) in [5.41, 5.74) is 1.06. The number of hydrogen-bond acceptors (Lipinski definition) is 3. The molecule has 0 radical (unpaired) electrons. The van der Waals surface area contributed by atoms with Crippen molar-refractivity contribution in [2.75, 3.05) is 11.5 Å². The van der Waals surface area contributed by atoms with Crippen LogP contribution in [0.15, 0.2) is 30.3 Å². The van der Waals surface area contributed by atoms with Crippen molar-refractivity contribution in [2.24, 2.45) is 5.92 Å². The summed E-state index contributed by atoms with van der Waals surface area (Å²) in [6.07, 6.45) is 0.121. The number of rotatable bonds is 6. The summed E-state index contributed by atoms with van der Waals surface area (Å²) in [7, 11) is 0. The lowest BCUT2D eigenvalue weighted by Crippen LogP contribution is -2.47. The molecule has 1 aliphatic rings. The van der Waals surface area contributed by atoms with Crippen LogP contribution in [-0.4, -0.2) is 34.5 Å². The number of amides is 1. The third kappa shape index (κ3) is 3.61. The van der Waals surface area contributed by atoms with Gasteiger partial charge in [0.1, 0.15) is 6.04 Å². The number of nitrogens with zero attached hydrogens (tertiary/aromatic N) is 1. The van der Waals surface area contributed by atoms with Gasteiger partial charge in [0.15, 0.2) is 0 Å². The lowest BCUT2D eigenvalue weighted by Gasteiger charge is -2.32. The second-order valence-electron chi connectivity index (χ2n) is 5.95. The Labute approximate surface area is 132 Å². The molecule has 1 fully saturated rings. The molecule has 1 aromatic carbocycles. The fourth-order valence-electron chi connectivity index (χ4n) is 2.87. The first-order valence-electron chi connectivity index (χ1n) is 7.77. The lowest BCUT2D eigenvalue weighted by atomic mass is 10.1. The molecule has 0 spiro atoms. The van der Waals surface area contributed by atoms with Crippen molar-refractivity contribution in [1.82, 2.24) is 10.2 Å². The highest BCUT2D eigenvalue weighted by Crippen LogP contribution is 2.29. The van der Waals surface area contributed by atoms with E-state index in [1.165, 1.54) is 0 Å². The predicted octanol–water partition coefficient (Wildman–Crippen LogP) is 3.28. The monoisotopic (exact) mass is 306 g/mol. The average Bonchev–Trinajstić information content (AvgIpc) is 2.83. The molecule has 1 amide bonds. The maximum atomic E-state index is 12.9. The van der Waals surface area contributed by atoms with Crippen LogP contribution in [0.3, 0.4) is 0 Å². The first-order chi connectivity index (χ1) is 10.1. The fourth-order valence-corrected chi connectivity index (χ4v) is 3.60. The summed E-state index contributed by atoms with van der Waals surface area (Å²) < 4.78 is 0. The Morgan fingerprint density at radius 3 is 2.48 bits per heavy atom. The lowest BCUT2D eigenvalue weighted by molar-refractivity contribution is -0.132. The van der Waals surface area contributed by atoms with Gasteiger partial charge in [-0.3, -0.25) is 10.1 Å². The van der Waals surface area contributed by atoms with Crippen LogP contribution in [0.25, 0.3) is 0 Å². The van der Waals surface area contributed by atoms with Crippen molar-refractivity contribution in [3.63, 3.8) is 0 Å². The number of nitrogens with one attached hydrogen (secondary N) is 1. The van der Waals surface area contributed by atoms with Gasteiger partial charge in [-0.25, -0.2) is 0 Å². The Bertz CT molecular complexity index is 463. The molecule has 1 N–H and O–H groups in total. The van der Waals surface area contributed by atoms with Gasteiger partial charge in [0.25, 0.3) is 0 Å². The first kappa shape index (κ1) is 16.4. The quantitative estimate of drug-likeness (QED) is 0.875. The Morgan fingerprint density at radius 2 is 1.90 bits per heavy atom. The van der Waals surface area contributed by atoms with E-state index < -0.39 is 0 Å². The molecule has 0 bridgehead atoms. The van der Waals surface area contributed by atoms with Crippen LogP contribution in [-0.2, 0) is 4.79 Å². The van der Waals surface area contributed by atoms with Crippen molar-refractivity contribution in [3.05, 3.63) is 35.9 Å². The second kappa shape index (κ2) is 7.32. The average molecular weight is 306 g/mol. The number of hydrogen-bond donors (Lipinski definition) is 1. The van der Waals surface area contributed by atoms with Crippen molar-refractivity contribution in [3.8, 4) is 0 Å². The SMILES string of the molecule is CCSCC(C)N1C(=O)C(c2ccccc2)NC1C(C)C. The Kier molecular flexibility index (Phi) is 5.71. The van der Waals surface area contributed by atoms with E-state index in [1.807, 2.05) is 42.1 Å². The molecule has 4 heteroatoms. The van der Waals surface area contributed by atoms with E-state index >= 15 is 0 Å². The minimum atomic E-state index is -0.201. The van der Waals surface area contributed by atoms with Crippen LogP contribution < -0.4 is 5.32 Å². The molecule has 1 heterocycles. The molecule has 1 aromatic rings. The first-order valence-corrected chi connectivity index (χ1v) is 8.92. The third-order valence-electron chi connectivity index (χ3n) is 3.94. The zero-order valence-corrected chi connectivity index (χ0v) is 14.2. The van der Waals surface area contributed by atoms with Crippen LogP contribution in [0.4, 0.5) is 0 Å². The summed E-state index contributed by atoms with van der Waals surface area (Å²) >= 11 is 1.89. The van der Waals surface area contributed by atoms with Crippen LogP contribution in [0.2, 0.25) is 0 Å². The molecule has 1 aliphatic heterocycles. The van der Waals surface area contributed by atoms with Crippen molar-refractivity contribution in [1.29, 1.82) is 0 Å². The number of benzene rings is 1. The normalized spacial score (nSPS) is 23.9. The molecular weight excluding hydrogens is 280 g/mol. The Morgan fingerprint density at radius 1 is 1.24 bits per heavy atom. The summed E-state index contributed by atoms with van der Waals surface area (Å²) in [6, 6.07) is 10.1. The van der Waals surface area contributed by atoms with Gasteiger partial charge in [0.2, 0.25) is 5.91 Å². The highest BCUT2D eigenvalue weighted by molar-refractivity contribution is 7.99. The van der Waals surface area contributed by atoms with Crippen LogP contribution >= 0.6 is 11.8 Å². The number of carbonyl (C=O) groups excluding carboxylic acids is 1. The molecule has 1 saturated heterocycles. The van der Waals surface area contributed by atoms with Gasteiger partial charge in [0, 0.05) is 11.8 Å². The topological polar surface area (TPSA) is 32.3 Å². The van der Waals surface area contributed by atoms with Gasteiger partial charge < -0.3 is 4.90 Å². The van der Waals surface area contributed by atoms with E-state index in [1.54, 1.807) is 0 Å². The smallest absolute Gasteiger partial charge is 0.245 e. The van der Waals surface area contributed by atoms with E-state index in [0.717, 1.165) is 17.1 Å². The molecule has 0 saturated carbocycles. The van der Waals surface area contributed by atoms with Gasteiger partial charge in [-0.05, 0) is 24.2 Å². The standard InChI is InChI=1S/C17H26N2OS/c1-5-21-11-13(4)19-16(12(2)3)18-15(17(19)20)14-9-7-6-8-10-14/h6-10,12-13,15-16,18H,5,11H2,1-4H3. The largest absolute Gasteiger partial charge is 0.322 e. The molecule has 3 atom stereocenters. The minimum Gasteiger partial charge on any atom is -0.322 e. The van der Waals surface area contributed by atoms with Gasteiger partial charge >= 0.3 is 0 Å². The Balaban J connectivity index is 2.20. The van der Waals surface area contributed by atoms with Crippen LogP contribution in [0.1, 0.15) is 39.3 Å². The summed E-state index contributed by atoms with van der Waals surface area (Å²) in [5, 5.41) is 3.53. The van der Waals surface area contributed by atoms with Gasteiger partial charge in [-0.1, -0.05) is 51.1 Å². The van der Waals surface area contributed by atoms with Crippen molar-refractivity contribution in [2.45, 2.75) is 45.9 Å². The molecule has 0 aliphatic carbocycles. The van der Waals surface area contributed by atoms with Crippen LogP contribution in [0, 0.1) is 5.92 Å². The zero-order chi connectivity index (χ0) is 15.4. The summed E-state index contributed by atoms with van der Waals surface area (Å²) in [6.45, 7) is 8.66.